The van der Waals surface area contributed by atoms with E-state index in [4.69, 9.17) is 9.47 Å². The van der Waals surface area contributed by atoms with Crippen LogP contribution in [0.2, 0.25) is 0 Å². The van der Waals surface area contributed by atoms with Gasteiger partial charge in [0, 0.05) is 44.7 Å². The van der Waals surface area contributed by atoms with E-state index < -0.39 is 36.6 Å². The van der Waals surface area contributed by atoms with Gasteiger partial charge in [-0.25, -0.2) is 19.3 Å². The number of alkyl halides is 3. The molecule has 2 aromatic rings. The van der Waals surface area contributed by atoms with Crippen LogP contribution >= 0.6 is 0 Å². The SMILES string of the molecule is CN1C=C(n2ccc(=O)c(Cc3cccc(NC(=O)OCC(NC(=O)OC(C)(C)C)C(F)(F)F)c3)n2)CN1C. The van der Waals surface area contributed by atoms with Gasteiger partial charge in [0.2, 0.25) is 5.43 Å². The molecule has 3 rings (SSSR count). The van der Waals surface area contributed by atoms with E-state index in [1.807, 2.05) is 30.3 Å². The monoisotopic (exact) mass is 552 g/mol. The predicted molar refractivity (Wildman–Crippen MR) is 137 cm³/mol. The molecular weight excluding hydrogens is 521 g/mol. The van der Waals surface area contributed by atoms with Gasteiger partial charge in [0.05, 0.1) is 12.2 Å². The first-order valence-corrected chi connectivity index (χ1v) is 11.9. The Hall–Kier alpha value is -4.07. The van der Waals surface area contributed by atoms with Crippen molar-refractivity contribution in [2.45, 2.75) is 45.0 Å². The summed E-state index contributed by atoms with van der Waals surface area (Å²) in [6, 6.07) is 5.34. The topological polar surface area (TPSA) is 118 Å². The molecule has 1 atom stereocenters. The summed E-state index contributed by atoms with van der Waals surface area (Å²) in [5.74, 6) is 0. The number of hydrazine groups is 1. The highest BCUT2D eigenvalue weighted by Gasteiger charge is 2.42. The van der Waals surface area contributed by atoms with Crippen molar-refractivity contribution >= 4 is 23.6 Å². The van der Waals surface area contributed by atoms with Crippen molar-refractivity contribution < 1.29 is 32.2 Å². The van der Waals surface area contributed by atoms with Gasteiger partial charge in [0.1, 0.15) is 17.9 Å². The molecule has 1 aliphatic rings. The molecule has 212 valence electrons. The smallest absolute Gasteiger partial charge is 0.412 e. The molecule has 0 bridgehead atoms. The van der Waals surface area contributed by atoms with Crippen LogP contribution in [-0.2, 0) is 15.9 Å². The lowest BCUT2D eigenvalue weighted by molar-refractivity contribution is -0.162. The van der Waals surface area contributed by atoms with Crippen molar-refractivity contribution in [1.29, 1.82) is 0 Å². The summed E-state index contributed by atoms with van der Waals surface area (Å²) in [6.45, 7) is 3.95. The van der Waals surface area contributed by atoms with E-state index in [1.165, 1.54) is 32.9 Å². The fourth-order valence-corrected chi connectivity index (χ4v) is 3.50. The Bertz CT molecular complexity index is 1290. The zero-order valence-corrected chi connectivity index (χ0v) is 22.2. The number of halogens is 3. The van der Waals surface area contributed by atoms with Crippen molar-refractivity contribution in [3.8, 4) is 0 Å². The van der Waals surface area contributed by atoms with Crippen LogP contribution in [0, 0.1) is 0 Å². The highest BCUT2D eigenvalue weighted by molar-refractivity contribution is 5.84. The average molecular weight is 553 g/mol. The molecule has 2 heterocycles. The molecule has 1 aromatic carbocycles. The molecule has 14 heteroatoms. The maximum absolute atomic E-state index is 13.3. The Morgan fingerprint density at radius 2 is 1.85 bits per heavy atom. The minimum atomic E-state index is -4.88. The quantitative estimate of drug-likeness (QED) is 0.537. The predicted octanol–water partition coefficient (Wildman–Crippen LogP) is 3.43. The second-order valence-corrected chi connectivity index (χ2v) is 9.92. The molecule has 11 nitrogen and oxygen atoms in total. The number of aromatic nitrogens is 2. The number of carbonyl (C=O) groups is 2. The van der Waals surface area contributed by atoms with E-state index in [9.17, 15) is 27.6 Å². The highest BCUT2D eigenvalue weighted by atomic mass is 19.4. The molecule has 39 heavy (non-hydrogen) atoms. The Balaban J connectivity index is 1.63. The van der Waals surface area contributed by atoms with Crippen molar-refractivity contribution in [2.75, 3.05) is 32.6 Å². The van der Waals surface area contributed by atoms with Gasteiger partial charge in [-0.2, -0.15) is 18.3 Å². The number of nitrogens with one attached hydrogen (secondary N) is 2. The van der Waals surface area contributed by atoms with Crippen LogP contribution in [0.5, 0.6) is 0 Å². The number of ether oxygens (including phenoxy) is 2. The molecule has 0 saturated heterocycles. The van der Waals surface area contributed by atoms with Gasteiger partial charge < -0.3 is 19.8 Å². The zero-order chi connectivity index (χ0) is 29.0. The number of nitrogens with zero attached hydrogens (tertiary/aromatic N) is 4. The number of carbonyl (C=O) groups excluding carboxylic acids is 2. The number of benzene rings is 1. The van der Waals surface area contributed by atoms with E-state index in [0.717, 1.165) is 5.70 Å². The van der Waals surface area contributed by atoms with Crippen LogP contribution < -0.4 is 16.1 Å². The Morgan fingerprint density at radius 3 is 2.46 bits per heavy atom. The Kier molecular flexibility index (Phi) is 8.89. The van der Waals surface area contributed by atoms with Crippen molar-refractivity contribution in [3.05, 3.63) is 64.2 Å². The van der Waals surface area contributed by atoms with Crippen LogP contribution in [0.15, 0.2) is 47.5 Å². The fourth-order valence-electron chi connectivity index (χ4n) is 3.50. The van der Waals surface area contributed by atoms with Gasteiger partial charge in [-0.1, -0.05) is 12.1 Å². The molecule has 1 aromatic heterocycles. The summed E-state index contributed by atoms with van der Waals surface area (Å²) in [6.07, 6.45) is -3.70. The second-order valence-electron chi connectivity index (χ2n) is 9.92. The number of hydrogen-bond acceptors (Lipinski definition) is 8. The van der Waals surface area contributed by atoms with Crippen molar-refractivity contribution in [1.82, 2.24) is 25.1 Å². The van der Waals surface area contributed by atoms with Crippen LogP contribution in [0.25, 0.3) is 5.70 Å². The summed E-state index contributed by atoms with van der Waals surface area (Å²) in [5, 5.41) is 12.3. The minimum absolute atomic E-state index is 0.152. The van der Waals surface area contributed by atoms with Crippen molar-refractivity contribution in [2.24, 2.45) is 0 Å². The van der Waals surface area contributed by atoms with Crippen molar-refractivity contribution in [3.63, 3.8) is 0 Å². The van der Waals surface area contributed by atoms with Gasteiger partial charge in [0.25, 0.3) is 0 Å². The van der Waals surface area contributed by atoms with E-state index in [1.54, 1.807) is 34.4 Å². The number of likely N-dealkylation sites (N-methyl/N-ethyl adjacent to an activating group) is 1. The molecule has 0 fully saturated rings. The fraction of sp³-hybridized carbons (Fsp3) is 0.440. The summed E-state index contributed by atoms with van der Waals surface area (Å²) in [7, 11) is 3.80. The van der Waals surface area contributed by atoms with Crippen LogP contribution in [0.4, 0.5) is 28.4 Å². The van der Waals surface area contributed by atoms with E-state index in [2.05, 4.69) is 10.4 Å². The lowest BCUT2D eigenvalue weighted by atomic mass is 10.1. The first-order chi connectivity index (χ1) is 18.1. The van der Waals surface area contributed by atoms with Gasteiger partial charge in [-0.3, -0.25) is 10.1 Å². The molecule has 1 aliphatic heterocycles. The summed E-state index contributed by atoms with van der Waals surface area (Å²) in [4.78, 5) is 36.4. The van der Waals surface area contributed by atoms with E-state index >= 15 is 0 Å². The number of rotatable bonds is 7. The maximum atomic E-state index is 13.3. The third-order valence-corrected chi connectivity index (χ3v) is 5.45. The molecule has 2 amide bonds. The minimum Gasteiger partial charge on any atom is -0.447 e. The second kappa shape index (κ2) is 11.8. The van der Waals surface area contributed by atoms with E-state index in [0.29, 0.717) is 12.1 Å². The summed E-state index contributed by atoms with van der Waals surface area (Å²) in [5.41, 5.74) is 0.741. The maximum Gasteiger partial charge on any atom is 0.412 e. The van der Waals surface area contributed by atoms with Crippen LogP contribution in [0.3, 0.4) is 0 Å². The number of hydrogen-bond donors (Lipinski definition) is 2. The Morgan fingerprint density at radius 1 is 1.13 bits per heavy atom. The summed E-state index contributed by atoms with van der Waals surface area (Å²) >= 11 is 0. The normalized spacial score (nSPS) is 15.0. The molecule has 0 aliphatic carbocycles. The number of amides is 2. The lowest BCUT2D eigenvalue weighted by Gasteiger charge is -2.24. The zero-order valence-electron chi connectivity index (χ0n) is 22.2. The third kappa shape index (κ3) is 8.74. The molecule has 0 radical (unpaired) electrons. The lowest BCUT2D eigenvalue weighted by Crippen LogP contribution is -2.50. The molecule has 1 unspecified atom stereocenters. The van der Waals surface area contributed by atoms with E-state index in [-0.39, 0.29) is 23.2 Å². The van der Waals surface area contributed by atoms with Crippen LogP contribution in [-0.4, -0.2) is 77.1 Å². The first kappa shape index (κ1) is 29.5. The third-order valence-electron chi connectivity index (χ3n) is 5.45. The molecule has 2 N–H and O–H groups in total. The number of anilines is 1. The standard InChI is InChI=1S/C25H31F3N6O5/c1-24(2,3)39-23(37)30-21(25(26,27)28)15-38-22(36)29-17-8-6-7-16(11-17)12-19-20(35)9-10-34(31-19)18-13-32(4)33(5)14-18/h6-11,13,21H,12,14-15H2,1-5H3,(H,29,36)(H,30,37). The average Bonchev–Trinajstić information content (AvgIpc) is 3.14. The van der Waals surface area contributed by atoms with Gasteiger partial charge >= 0.3 is 18.4 Å². The molecule has 0 spiro atoms. The number of alkyl carbamates (subject to hydrolysis) is 1. The largest absolute Gasteiger partial charge is 0.447 e. The van der Waals surface area contributed by atoms with Gasteiger partial charge in [-0.15, -0.1) is 0 Å². The molecular formula is C25H31F3N6O5. The van der Waals surface area contributed by atoms with Gasteiger partial charge in [0.15, 0.2) is 6.04 Å². The summed E-state index contributed by atoms with van der Waals surface area (Å²) < 4.78 is 51.2. The van der Waals surface area contributed by atoms with Gasteiger partial charge in [-0.05, 0) is 38.5 Å². The Labute approximate surface area is 223 Å². The first-order valence-electron chi connectivity index (χ1n) is 11.9. The van der Waals surface area contributed by atoms with Crippen LogP contribution in [0.1, 0.15) is 32.0 Å². The molecule has 0 saturated carbocycles. The highest BCUT2D eigenvalue weighted by Crippen LogP contribution is 2.22.